The van der Waals surface area contributed by atoms with E-state index in [1.54, 1.807) is 18.4 Å². The van der Waals surface area contributed by atoms with Crippen molar-refractivity contribution in [3.05, 3.63) is 50.7 Å². The van der Waals surface area contributed by atoms with Crippen LogP contribution in [0.3, 0.4) is 0 Å². The molecule has 0 saturated carbocycles. The number of nitrogens with one attached hydrogen (secondary N) is 1. The van der Waals surface area contributed by atoms with Gasteiger partial charge >= 0.3 is 0 Å². The van der Waals surface area contributed by atoms with Crippen molar-refractivity contribution in [2.45, 2.75) is 13.0 Å². The van der Waals surface area contributed by atoms with Gasteiger partial charge in [0.05, 0.1) is 13.2 Å². The summed E-state index contributed by atoms with van der Waals surface area (Å²) < 4.78 is 5.43. The molecule has 96 valence electrons. The average Bonchev–Trinajstić information content (AvgIpc) is 2.77. The Balaban J connectivity index is 2.51. The lowest BCUT2D eigenvalue weighted by molar-refractivity contribution is 0.405. The standard InChI is InChI=1S/C14H16ClNOS/c1-9-11(6-7-18-9)14(16-2)12-8-10(15)4-5-13(12)17-3/h4-8,14,16H,1-3H3. The lowest BCUT2D eigenvalue weighted by Crippen LogP contribution is -2.18. The van der Waals surface area contributed by atoms with Crippen LogP contribution in [-0.2, 0) is 0 Å². The first kappa shape index (κ1) is 13.4. The number of aryl methyl sites for hydroxylation is 1. The van der Waals surface area contributed by atoms with E-state index in [0.717, 1.165) is 16.3 Å². The molecule has 2 rings (SSSR count). The third-order valence-corrected chi connectivity index (χ3v) is 4.10. The Hall–Kier alpha value is -1.03. The maximum Gasteiger partial charge on any atom is 0.124 e. The molecule has 1 unspecified atom stereocenters. The fraction of sp³-hybridized carbons (Fsp3) is 0.286. The molecule has 2 aromatic rings. The Morgan fingerprint density at radius 2 is 2.06 bits per heavy atom. The van der Waals surface area contributed by atoms with Gasteiger partial charge in [-0.05, 0) is 49.2 Å². The van der Waals surface area contributed by atoms with Crippen LogP contribution in [0.25, 0.3) is 0 Å². The van der Waals surface area contributed by atoms with Crippen LogP contribution in [-0.4, -0.2) is 14.2 Å². The molecule has 0 bridgehead atoms. The Kier molecular flexibility index (Phi) is 4.27. The highest BCUT2D eigenvalue weighted by atomic mass is 35.5. The summed E-state index contributed by atoms with van der Waals surface area (Å²) in [6.45, 7) is 2.13. The zero-order valence-corrected chi connectivity index (χ0v) is 12.2. The molecular weight excluding hydrogens is 266 g/mol. The number of hydrogen-bond acceptors (Lipinski definition) is 3. The van der Waals surface area contributed by atoms with E-state index in [-0.39, 0.29) is 6.04 Å². The molecule has 0 aliphatic carbocycles. The van der Waals surface area contributed by atoms with Crippen molar-refractivity contribution in [1.29, 1.82) is 0 Å². The summed E-state index contributed by atoms with van der Waals surface area (Å²) in [5.74, 6) is 0.851. The zero-order valence-electron chi connectivity index (χ0n) is 10.7. The largest absolute Gasteiger partial charge is 0.496 e. The summed E-state index contributed by atoms with van der Waals surface area (Å²) in [6.07, 6.45) is 0. The van der Waals surface area contributed by atoms with Crippen LogP contribution in [0.5, 0.6) is 5.75 Å². The fourth-order valence-corrected chi connectivity index (χ4v) is 3.02. The van der Waals surface area contributed by atoms with Gasteiger partial charge in [-0.25, -0.2) is 0 Å². The van der Waals surface area contributed by atoms with E-state index in [1.165, 1.54) is 10.4 Å². The molecule has 0 fully saturated rings. The first-order chi connectivity index (χ1) is 8.67. The predicted molar refractivity (Wildman–Crippen MR) is 78.0 cm³/mol. The van der Waals surface area contributed by atoms with E-state index in [4.69, 9.17) is 16.3 Å². The highest BCUT2D eigenvalue weighted by molar-refractivity contribution is 7.10. The van der Waals surface area contributed by atoms with Gasteiger partial charge in [0.1, 0.15) is 5.75 Å². The minimum Gasteiger partial charge on any atom is -0.496 e. The first-order valence-electron chi connectivity index (χ1n) is 5.72. The van der Waals surface area contributed by atoms with Crippen molar-refractivity contribution in [3.63, 3.8) is 0 Å². The van der Waals surface area contributed by atoms with E-state index in [1.807, 2.05) is 25.2 Å². The Morgan fingerprint density at radius 1 is 1.28 bits per heavy atom. The van der Waals surface area contributed by atoms with Crippen molar-refractivity contribution in [1.82, 2.24) is 5.32 Å². The molecule has 0 spiro atoms. The van der Waals surface area contributed by atoms with Crippen LogP contribution in [0.2, 0.25) is 5.02 Å². The Labute approximate surface area is 117 Å². The van der Waals surface area contributed by atoms with Crippen LogP contribution in [0.4, 0.5) is 0 Å². The highest BCUT2D eigenvalue weighted by Crippen LogP contribution is 2.34. The van der Waals surface area contributed by atoms with Gasteiger partial charge in [0.15, 0.2) is 0 Å². The highest BCUT2D eigenvalue weighted by Gasteiger charge is 2.19. The Morgan fingerprint density at radius 3 is 2.61 bits per heavy atom. The number of methoxy groups -OCH3 is 1. The third kappa shape index (κ3) is 2.53. The summed E-state index contributed by atoms with van der Waals surface area (Å²) in [5, 5.41) is 6.16. The number of benzene rings is 1. The van der Waals surface area contributed by atoms with Gasteiger partial charge in [-0.1, -0.05) is 11.6 Å². The molecule has 0 aliphatic heterocycles. The molecule has 0 saturated heterocycles. The first-order valence-corrected chi connectivity index (χ1v) is 6.97. The molecule has 1 heterocycles. The van der Waals surface area contributed by atoms with Crippen LogP contribution in [0, 0.1) is 6.92 Å². The number of hydrogen-bond donors (Lipinski definition) is 1. The molecule has 0 radical (unpaired) electrons. The molecule has 1 N–H and O–H groups in total. The number of thiophene rings is 1. The summed E-state index contributed by atoms with van der Waals surface area (Å²) in [6, 6.07) is 7.95. The minimum atomic E-state index is 0.102. The van der Waals surface area contributed by atoms with E-state index in [9.17, 15) is 0 Å². The van der Waals surface area contributed by atoms with Gasteiger partial charge in [-0.2, -0.15) is 0 Å². The minimum absolute atomic E-state index is 0.102. The van der Waals surface area contributed by atoms with Gasteiger partial charge < -0.3 is 10.1 Å². The van der Waals surface area contributed by atoms with Crippen LogP contribution < -0.4 is 10.1 Å². The molecular formula is C14H16ClNOS. The maximum atomic E-state index is 6.10. The molecule has 1 aromatic heterocycles. The summed E-state index contributed by atoms with van der Waals surface area (Å²) in [4.78, 5) is 1.30. The van der Waals surface area contributed by atoms with E-state index in [2.05, 4.69) is 23.7 Å². The molecule has 0 aliphatic rings. The summed E-state index contributed by atoms with van der Waals surface area (Å²) >= 11 is 7.84. The van der Waals surface area contributed by atoms with Crippen molar-refractivity contribution in [2.75, 3.05) is 14.2 Å². The quantitative estimate of drug-likeness (QED) is 0.914. The number of halogens is 1. The predicted octanol–water partition coefficient (Wildman–Crippen LogP) is 4.03. The molecule has 4 heteroatoms. The molecule has 18 heavy (non-hydrogen) atoms. The average molecular weight is 282 g/mol. The van der Waals surface area contributed by atoms with Crippen molar-refractivity contribution in [2.24, 2.45) is 0 Å². The van der Waals surface area contributed by atoms with Crippen LogP contribution in [0.15, 0.2) is 29.6 Å². The fourth-order valence-electron chi connectivity index (χ4n) is 2.10. The molecule has 2 nitrogen and oxygen atoms in total. The molecule has 1 aromatic carbocycles. The van der Waals surface area contributed by atoms with E-state index in [0.29, 0.717) is 0 Å². The number of ether oxygens (including phenoxy) is 1. The van der Waals surface area contributed by atoms with Gasteiger partial charge in [-0.15, -0.1) is 11.3 Å². The summed E-state index contributed by atoms with van der Waals surface area (Å²) in [7, 11) is 3.63. The molecule has 0 amide bonds. The summed E-state index contributed by atoms with van der Waals surface area (Å²) in [5.41, 5.74) is 2.33. The van der Waals surface area contributed by atoms with E-state index >= 15 is 0 Å². The van der Waals surface area contributed by atoms with Gasteiger partial charge in [-0.3, -0.25) is 0 Å². The second-order valence-corrected chi connectivity index (χ2v) is 5.60. The topological polar surface area (TPSA) is 21.3 Å². The second-order valence-electron chi connectivity index (χ2n) is 4.04. The lowest BCUT2D eigenvalue weighted by atomic mass is 9.98. The Bertz CT molecular complexity index is 538. The van der Waals surface area contributed by atoms with Crippen molar-refractivity contribution in [3.8, 4) is 5.75 Å². The normalized spacial score (nSPS) is 12.4. The third-order valence-electron chi connectivity index (χ3n) is 3.00. The van der Waals surface area contributed by atoms with Gasteiger partial charge in [0.2, 0.25) is 0 Å². The van der Waals surface area contributed by atoms with Crippen LogP contribution in [0.1, 0.15) is 22.0 Å². The number of rotatable bonds is 4. The SMILES string of the molecule is CNC(c1cc(Cl)ccc1OC)c1ccsc1C. The van der Waals surface area contributed by atoms with Gasteiger partial charge in [0, 0.05) is 15.5 Å². The maximum absolute atomic E-state index is 6.10. The van der Waals surface area contributed by atoms with Crippen LogP contribution >= 0.6 is 22.9 Å². The van der Waals surface area contributed by atoms with Crippen molar-refractivity contribution < 1.29 is 4.74 Å². The molecule has 1 atom stereocenters. The second kappa shape index (κ2) is 5.74. The smallest absolute Gasteiger partial charge is 0.124 e. The lowest BCUT2D eigenvalue weighted by Gasteiger charge is -2.20. The monoisotopic (exact) mass is 281 g/mol. The zero-order chi connectivity index (χ0) is 13.1. The van der Waals surface area contributed by atoms with Crippen molar-refractivity contribution >= 4 is 22.9 Å². The van der Waals surface area contributed by atoms with Gasteiger partial charge in [0.25, 0.3) is 0 Å². The van der Waals surface area contributed by atoms with E-state index < -0.39 is 0 Å².